The molecule has 1 aromatic heterocycles. The average molecular weight is 292 g/mol. The molecule has 0 radical (unpaired) electrons. The van der Waals surface area contributed by atoms with Crippen molar-refractivity contribution in [2.45, 2.75) is 24.8 Å². The van der Waals surface area contributed by atoms with Crippen molar-refractivity contribution in [2.24, 2.45) is 0 Å². The minimum atomic E-state index is -3.37. The maximum Gasteiger partial charge on any atom is 0.241 e. The fourth-order valence-corrected chi connectivity index (χ4v) is 3.67. The van der Waals surface area contributed by atoms with E-state index >= 15 is 0 Å². The number of methoxy groups -OCH3 is 1. The molecule has 1 aromatic rings. The van der Waals surface area contributed by atoms with E-state index in [0.29, 0.717) is 31.0 Å². The van der Waals surface area contributed by atoms with Gasteiger partial charge in [-0.2, -0.15) is 0 Å². The lowest BCUT2D eigenvalue weighted by Crippen LogP contribution is -2.25. The first-order valence-corrected chi connectivity index (χ1v) is 8.23. The predicted molar refractivity (Wildman–Crippen MR) is 73.4 cm³/mol. The summed E-state index contributed by atoms with van der Waals surface area (Å²) >= 11 is 1.45. The molecular formula is C11H20N2O3S2. The number of ether oxygens (including phenoxy) is 1. The zero-order chi connectivity index (χ0) is 13.4. The lowest BCUT2D eigenvalue weighted by Gasteiger charge is -2.04. The first-order valence-electron chi connectivity index (χ1n) is 5.87. The molecule has 0 aliphatic rings. The third-order valence-electron chi connectivity index (χ3n) is 2.31. The molecule has 0 amide bonds. The summed E-state index contributed by atoms with van der Waals surface area (Å²) in [6.45, 7) is 4.55. The predicted octanol–water partition coefficient (Wildman–Crippen LogP) is 1.17. The van der Waals surface area contributed by atoms with Crippen LogP contribution in [0.3, 0.4) is 0 Å². The molecule has 104 valence electrons. The largest absolute Gasteiger partial charge is 0.385 e. The summed E-state index contributed by atoms with van der Waals surface area (Å²) in [6, 6.07) is 1.71. The first-order chi connectivity index (χ1) is 8.60. The normalized spacial score (nSPS) is 11.9. The number of hydrogen-bond donors (Lipinski definition) is 2. The highest BCUT2D eigenvalue weighted by Gasteiger charge is 2.15. The maximum atomic E-state index is 11.9. The zero-order valence-electron chi connectivity index (χ0n) is 10.7. The molecule has 0 fully saturated rings. The minimum Gasteiger partial charge on any atom is -0.385 e. The van der Waals surface area contributed by atoms with E-state index < -0.39 is 10.0 Å². The second-order valence-corrected chi connectivity index (χ2v) is 6.54. The molecule has 1 rings (SSSR count). The summed E-state index contributed by atoms with van der Waals surface area (Å²) in [7, 11) is -1.77. The Bertz CT molecular complexity index is 443. The molecule has 0 bridgehead atoms. The van der Waals surface area contributed by atoms with Crippen LogP contribution >= 0.6 is 11.3 Å². The summed E-state index contributed by atoms with van der Waals surface area (Å²) in [6.07, 6.45) is 0.671. The smallest absolute Gasteiger partial charge is 0.241 e. The molecule has 0 spiro atoms. The quantitative estimate of drug-likeness (QED) is 0.671. The second-order valence-electron chi connectivity index (χ2n) is 3.77. The molecule has 0 saturated heterocycles. The molecule has 2 N–H and O–H groups in total. The van der Waals surface area contributed by atoms with Gasteiger partial charge in [0.25, 0.3) is 0 Å². The van der Waals surface area contributed by atoms with Gasteiger partial charge in [-0.05, 0) is 19.0 Å². The number of nitrogens with one attached hydrogen (secondary N) is 2. The lowest BCUT2D eigenvalue weighted by molar-refractivity contribution is 0.196. The van der Waals surface area contributed by atoms with Gasteiger partial charge in [0.1, 0.15) is 0 Å². The fourth-order valence-electron chi connectivity index (χ4n) is 1.35. The van der Waals surface area contributed by atoms with Crippen molar-refractivity contribution in [2.75, 3.05) is 26.8 Å². The molecule has 0 unspecified atom stereocenters. The van der Waals surface area contributed by atoms with Crippen molar-refractivity contribution in [3.05, 3.63) is 16.3 Å². The summed E-state index contributed by atoms with van der Waals surface area (Å²) in [5.74, 6) is 0. The van der Waals surface area contributed by atoms with Crippen LogP contribution in [0.15, 0.2) is 16.3 Å². The highest BCUT2D eigenvalue weighted by Crippen LogP contribution is 2.18. The number of hydrogen-bond acceptors (Lipinski definition) is 5. The van der Waals surface area contributed by atoms with Crippen molar-refractivity contribution in [1.29, 1.82) is 0 Å². The van der Waals surface area contributed by atoms with Crippen LogP contribution in [-0.2, 0) is 21.3 Å². The Hall–Kier alpha value is -0.470. The third-order valence-corrected chi connectivity index (χ3v) is 4.83. The molecule has 0 aromatic carbocycles. The Balaban J connectivity index is 2.53. The molecule has 0 aliphatic carbocycles. The molecule has 0 saturated carbocycles. The van der Waals surface area contributed by atoms with Crippen LogP contribution in [-0.4, -0.2) is 35.2 Å². The van der Waals surface area contributed by atoms with Crippen LogP contribution in [0, 0.1) is 0 Å². The van der Waals surface area contributed by atoms with Gasteiger partial charge < -0.3 is 10.1 Å². The summed E-state index contributed by atoms with van der Waals surface area (Å²) in [5, 5.41) is 4.84. The van der Waals surface area contributed by atoms with E-state index in [-0.39, 0.29) is 0 Å². The molecule has 7 heteroatoms. The van der Waals surface area contributed by atoms with E-state index in [0.717, 1.165) is 11.4 Å². The monoisotopic (exact) mass is 292 g/mol. The van der Waals surface area contributed by atoms with Gasteiger partial charge in [-0.3, -0.25) is 0 Å². The molecule has 0 atom stereocenters. The van der Waals surface area contributed by atoms with Gasteiger partial charge in [0.15, 0.2) is 0 Å². The Labute approximate surface area is 113 Å². The van der Waals surface area contributed by atoms with Crippen LogP contribution in [0.5, 0.6) is 0 Å². The summed E-state index contributed by atoms with van der Waals surface area (Å²) in [5.41, 5.74) is 0. The van der Waals surface area contributed by atoms with Crippen molar-refractivity contribution in [1.82, 2.24) is 10.0 Å². The zero-order valence-corrected chi connectivity index (χ0v) is 12.4. The van der Waals surface area contributed by atoms with Gasteiger partial charge in [-0.1, -0.05) is 6.92 Å². The second kappa shape index (κ2) is 7.85. The highest BCUT2D eigenvalue weighted by atomic mass is 32.2. The first kappa shape index (κ1) is 15.6. The average Bonchev–Trinajstić information content (AvgIpc) is 2.81. The van der Waals surface area contributed by atoms with Gasteiger partial charge >= 0.3 is 0 Å². The minimum absolute atomic E-state index is 0.345. The van der Waals surface area contributed by atoms with Gasteiger partial charge in [0.2, 0.25) is 10.0 Å². The Morgan fingerprint density at radius 3 is 2.89 bits per heavy atom. The van der Waals surface area contributed by atoms with Crippen LogP contribution in [0.4, 0.5) is 0 Å². The number of thiophene rings is 1. The molecule has 0 aliphatic heterocycles. The van der Waals surface area contributed by atoms with E-state index in [9.17, 15) is 8.42 Å². The maximum absolute atomic E-state index is 11.9. The van der Waals surface area contributed by atoms with Gasteiger partial charge in [0, 0.05) is 37.1 Å². The van der Waals surface area contributed by atoms with Gasteiger partial charge in [-0.25, -0.2) is 13.1 Å². The van der Waals surface area contributed by atoms with Crippen LogP contribution in [0.2, 0.25) is 0 Å². The fraction of sp³-hybridized carbons (Fsp3) is 0.636. The standard InChI is InChI=1S/C11H20N2O3S2/c1-3-12-8-10-7-11(9-17-10)18(14,15)13-5-4-6-16-2/h7,9,12-13H,3-6,8H2,1-2H3. The molecule has 5 nitrogen and oxygen atoms in total. The van der Waals surface area contributed by atoms with E-state index in [4.69, 9.17) is 4.74 Å². The Kier molecular flexibility index (Phi) is 6.80. The van der Waals surface area contributed by atoms with Crippen molar-refractivity contribution >= 4 is 21.4 Å². The van der Waals surface area contributed by atoms with Gasteiger partial charge in [-0.15, -0.1) is 11.3 Å². The molecule has 1 heterocycles. The van der Waals surface area contributed by atoms with Crippen LogP contribution in [0.1, 0.15) is 18.2 Å². The summed E-state index contributed by atoms with van der Waals surface area (Å²) in [4.78, 5) is 1.37. The van der Waals surface area contributed by atoms with Crippen LogP contribution < -0.4 is 10.0 Å². The van der Waals surface area contributed by atoms with Crippen molar-refractivity contribution in [3.8, 4) is 0 Å². The van der Waals surface area contributed by atoms with Crippen LogP contribution in [0.25, 0.3) is 0 Å². The number of sulfonamides is 1. The summed E-state index contributed by atoms with van der Waals surface area (Å²) < 4.78 is 31.3. The SMILES string of the molecule is CCNCc1cc(S(=O)(=O)NCCCOC)cs1. The Morgan fingerprint density at radius 1 is 1.44 bits per heavy atom. The van der Waals surface area contributed by atoms with E-state index in [2.05, 4.69) is 10.0 Å². The third kappa shape index (κ3) is 5.03. The van der Waals surface area contributed by atoms with E-state index in [1.165, 1.54) is 11.3 Å². The van der Waals surface area contributed by atoms with Crippen molar-refractivity contribution in [3.63, 3.8) is 0 Å². The molecular weight excluding hydrogens is 272 g/mol. The lowest BCUT2D eigenvalue weighted by atomic mass is 10.4. The number of rotatable bonds is 9. The molecule has 18 heavy (non-hydrogen) atoms. The van der Waals surface area contributed by atoms with Gasteiger partial charge in [0.05, 0.1) is 4.90 Å². The van der Waals surface area contributed by atoms with E-state index in [1.54, 1.807) is 18.6 Å². The van der Waals surface area contributed by atoms with E-state index in [1.807, 2.05) is 6.92 Å². The highest BCUT2D eigenvalue weighted by molar-refractivity contribution is 7.89. The Morgan fingerprint density at radius 2 is 2.22 bits per heavy atom. The van der Waals surface area contributed by atoms with Crippen molar-refractivity contribution < 1.29 is 13.2 Å². The topological polar surface area (TPSA) is 67.4 Å².